The smallest absolute Gasteiger partial charge is 0.410 e. The molecule has 37 heavy (non-hydrogen) atoms. The van der Waals surface area contributed by atoms with E-state index in [9.17, 15) is 10.1 Å². The predicted molar refractivity (Wildman–Crippen MR) is 135 cm³/mol. The first-order valence-corrected chi connectivity index (χ1v) is 12.5. The second-order valence-electron chi connectivity index (χ2n) is 9.04. The van der Waals surface area contributed by atoms with E-state index in [2.05, 4.69) is 21.3 Å². The lowest BCUT2D eigenvalue weighted by molar-refractivity contribution is -0.152. The first-order valence-electron chi connectivity index (χ1n) is 12.5. The summed E-state index contributed by atoms with van der Waals surface area (Å²) in [6, 6.07) is 11.7. The zero-order valence-corrected chi connectivity index (χ0v) is 21.6. The quantitative estimate of drug-likeness (QED) is 0.503. The highest BCUT2D eigenvalue weighted by Crippen LogP contribution is 2.29. The molecular formula is C26H34N6O5. The fraction of sp³-hybridized carbons (Fsp3) is 0.538. The number of carbonyl (C=O) groups is 1. The van der Waals surface area contributed by atoms with Gasteiger partial charge in [0.15, 0.2) is 6.29 Å². The molecule has 0 bridgehead atoms. The molecule has 0 saturated carbocycles. The summed E-state index contributed by atoms with van der Waals surface area (Å²) >= 11 is 0. The third kappa shape index (κ3) is 6.46. The van der Waals surface area contributed by atoms with Gasteiger partial charge in [-0.1, -0.05) is 30.3 Å². The number of ether oxygens (including phenoxy) is 4. The molecule has 1 fully saturated rings. The van der Waals surface area contributed by atoms with E-state index in [1.165, 1.54) is 0 Å². The van der Waals surface area contributed by atoms with Gasteiger partial charge in [-0.2, -0.15) is 15.2 Å². The number of nitrogens with one attached hydrogen (secondary N) is 1. The average molecular weight is 511 g/mol. The van der Waals surface area contributed by atoms with Crippen LogP contribution in [0, 0.1) is 11.3 Å². The van der Waals surface area contributed by atoms with Crippen molar-refractivity contribution in [3.63, 3.8) is 0 Å². The number of piperazine rings is 1. The predicted octanol–water partition coefficient (Wildman–Crippen LogP) is 2.25. The topological polar surface area (TPSA) is 122 Å². The van der Waals surface area contributed by atoms with Gasteiger partial charge in [0.25, 0.3) is 0 Å². The van der Waals surface area contributed by atoms with Gasteiger partial charge in [-0.05, 0) is 25.5 Å². The van der Waals surface area contributed by atoms with Crippen LogP contribution >= 0.6 is 0 Å². The monoisotopic (exact) mass is 510 g/mol. The fourth-order valence-corrected chi connectivity index (χ4v) is 4.70. The molecule has 1 aromatic carbocycles. The van der Waals surface area contributed by atoms with Gasteiger partial charge < -0.3 is 34.1 Å². The maximum atomic E-state index is 12.9. The van der Waals surface area contributed by atoms with E-state index in [0.717, 1.165) is 35.6 Å². The molecule has 2 aromatic rings. The maximum absolute atomic E-state index is 12.9. The lowest BCUT2D eigenvalue weighted by atomic mass is 10.0. The van der Waals surface area contributed by atoms with Crippen molar-refractivity contribution in [3.8, 4) is 12.1 Å². The molecular weight excluding hydrogens is 476 g/mol. The highest BCUT2D eigenvalue weighted by atomic mass is 16.7. The van der Waals surface area contributed by atoms with Crippen molar-refractivity contribution in [3.05, 3.63) is 47.2 Å². The number of rotatable bonds is 9. The Balaban J connectivity index is 1.52. The Bertz CT molecular complexity index is 1090. The number of hydrogen-bond acceptors (Lipinski definition) is 10. The fourth-order valence-electron chi connectivity index (χ4n) is 4.70. The molecule has 0 radical (unpaired) electrons. The van der Waals surface area contributed by atoms with Gasteiger partial charge in [0.1, 0.15) is 18.5 Å². The average Bonchev–Trinajstić information content (AvgIpc) is 2.92. The van der Waals surface area contributed by atoms with Gasteiger partial charge in [0, 0.05) is 46.0 Å². The number of methoxy groups -OCH3 is 2. The molecule has 11 nitrogen and oxygen atoms in total. The summed E-state index contributed by atoms with van der Waals surface area (Å²) in [5, 5.41) is 12.8. The van der Waals surface area contributed by atoms with Gasteiger partial charge in [0.2, 0.25) is 0 Å². The Morgan fingerprint density at radius 2 is 2.00 bits per heavy atom. The summed E-state index contributed by atoms with van der Waals surface area (Å²) in [5.41, 5.74) is 2.86. The van der Waals surface area contributed by atoms with Crippen LogP contribution in [0.1, 0.15) is 30.2 Å². The van der Waals surface area contributed by atoms with Crippen LogP contribution < -0.4 is 15.0 Å². The third-order valence-electron chi connectivity index (χ3n) is 6.58. The van der Waals surface area contributed by atoms with Crippen molar-refractivity contribution in [2.45, 2.75) is 51.4 Å². The largest absolute Gasteiger partial charge is 0.455 e. The van der Waals surface area contributed by atoms with E-state index in [-0.39, 0.29) is 25.1 Å². The molecule has 1 aromatic heterocycles. The molecule has 0 spiro atoms. The van der Waals surface area contributed by atoms with Crippen molar-refractivity contribution in [1.29, 1.82) is 5.26 Å². The molecule has 3 heterocycles. The SMILES string of the molecule is COC(OC)[C@@H](C)Oc1nc2c(c(N3CCN(C(=O)OCc4ccccc4)[C@@H](CC#N)C3)n1)CCNC2. The molecule has 198 valence electrons. The van der Waals surface area contributed by atoms with Gasteiger partial charge in [-0.25, -0.2) is 4.79 Å². The second-order valence-corrected chi connectivity index (χ2v) is 9.04. The summed E-state index contributed by atoms with van der Waals surface area (Å²) in [6.45, 7) is 4.88. The number of nitriles is 1. The Hall–Kier alpha value is -3.46. The summed E-state index contributed by atoms with van der Waals surface area (Å²) in [6.07, 6.45) is -0.441. The zero-order valence-electron chi connectivity index (χ0n) is 21.6. The molecule has 1 amide bonds. The van der Waals surface area contributed by atoms with Crippen molar-refractivity contribution in [1.82, 2.24) is 20.2 Å². The van der Waals surface area contributed by atoms with Crippen LogP contribution in [-0.4, -0.2) is 79.8 Å². The number of fused-ring (bicyclic) bond motifs is 1. The van der Waals surface area contributed by atoms with Crippen LogP contribution in [0.3, 0.4) is 0 Å². The normalized spacial score (nSPS) is 18.2. The van der Waals surface area contributed by atoms with E-state index >= 15 is 0 Å². The van der Waals surface area contributed by atoms with Crippen LogP contribution in [0.4, 0.5) is 10.6 Å². The van der Waals surface area contributed by atoms with E-state index in [1.54, 1.807) is 19.1 Å². The van der Waals surface area contributed by atoms with Crippen molar-refractivity contribution in [2.24, 2.45) is 0 Å². The number of benzene rings is 1. The van der Waals surface area contributed by atoms with Crippen molar-refractivity contribution >= 4 is 11.9 Å². The number of hydrogen-bond donors (Lipinski definition) is 1. The molecule has 11 heteroatoms. The summed E-state index contributed by atoms with van der Waals surface area (Å²) in [5.74, 6) is 0.778. The highest BCUT2D eigenvalue weighted by molar-refractivity contribution is 5.69. The Morgan fingerprint density at radius 3 is 2.73 bits per heavy atom. The minimum absolute atomic E-state index is 0.189. The summed E-state index contributed by atoms with van der Waals surface area (Å²) in [4.78, 5) is 26.1. The van der Waals surface area contributed by atoms with E-state index in [4.69, 9.17) is 23.9 Å². The lowest BCUT2D eigenvalue weighted by Crippen LogP contribution is -2.55. The Morgan fingerprint density at radius 1 is 1.22 bits per heavy atom. The Labute approximate surface area is 217 Å². The van der Waals surface area contributed by atoms with E-state index < -0.39 is 18.5 Å². The molecule has 2 atom stereocenters. The van der Waals surface area contributed by atoms with E-state index in [1.807, 2.05) is 37.3 Å². The standard InChI is InChI=1S/C26H34N6O5/c1-18(24(34-2)35-3)37-25-29-22-15-28-12-10-21(22)23(30-25)31-13-14-32(20(16-31)9-11-27)26(33)36-17-19-7-5-4-6-8-19/h4-8,18,20,24,28H,9-10,12-17H2,1-3H3/t18-,20+/m1/s1. The molecule has 0 aliphatic carbocycles. The summed E-state index contributed by atoms with van der Waals surface area (Å²) < 4.78 is 22.2. The Kier molecular flexibility index (Phi) is 9.11. The molecule has 4 rings (SSSR count). The number of anilines is 1. The third-order valence-corrected chi connectivity index (χ3v) is 6.58. The second kappa shape index (κ2) is 12.7. The van der Waals surface area contributed by atoms with E-state index in [0.29, 0.717) is 26.2 Å². The summed E-state index contributed by atoms with van der Waals surface area (Å²) in [7, 11) is 3.10. The molecule has 2 aliphatic heterocycles. The minimum atomic E-state index is -0.563. The van der Waals surface area contributed by atoms with Gasteiger partial charge in [-0.3, -0.25) is 0 Å². The minimum Gasteiger partial charge on any atom is -0.455 e. The van der Waals surface area contributed by atoms with Gasteiger partial charge >= 0.3 is 12.1 Å². The van der Waals surface area contributed by atoms with Crippen LogP contribution in [0.2, 0.25) is 0 Å². The lowest BCUT2D eigenvalue weighted by Gasteiger charge is -2.41. The molecule has 1 saturated heterocycles. The number of nitrogens with zero attached hydrogens (tertiary/aromatic N) is 5. The van der Waals surface area contributed by atoms with Crippen LogP contribution in [-0.2, 0) is 33.8 Å². The first-order chi connectivity index (χ1) is 18.0. The number of aromatic nitrogens is 2. The zero-order chi connectivity index (χ0) is 26.2. The maximum Gasteiger partial charge on any atom is 0.410 e. The van der Waals surface area contributed by atoms with Crippen LogP contribution in [0.5, 0.6) is 6.01 Å². The van der Waals surface area contributed by atoms with Gasteiger partial charge in [-0.15, -0.1) is 0 Å². The van der Waals surface area contributed by atoms with Crippen molar-refractivity contribution in [2.75, 3.05) is 45.3 Å². The molecule has 1 N–H and O–H groups in total. The molecule has 0 unspecified atom stereocenters. The van der Waals surface area contributed by atoms with Crippen LogP contribution in [0.15, 0.2) is 30.3 Å². The van der Waals surface area contributed by atoms with Crippen molar-refractivity contribution < 1.29 is 23.7 Å². The molecule has 2 aliphatic rings. The van der Waals surface area contributed by atoms with Crippen LogP contribution in [0.25, 0.3) is 0 Å². The number of amides is 1. The first kappa shape index (κ1) is 26.6. The highest BCUT2D eigenvalue weighted by Gasteiger charge is 2.34. The number of carbonyl (C=O) groups excluding carboxylic acids is 1. The van der Waals surface area contributed by atoms with Gasteiger partial charge in [0.05, 0.1) is 24.2 Å².